The summed E-state index contributed by atoms with van der Waals surface area (Å²) in [6, 6.07) is 14.2. The number of aromatic amines is 1. The van der Waals surface area contributed by atoms with E-state index < -0.39 is 0 Å². The molecule has 4 rings (SSSR count). The van der Waals surface area contributed by atoms with Crippen molar-refractivity contribution in [1.82, 2.24) is 20.3 Å². The second-order valence-corrected chi connectivity index (χ2v) is 6.46. The highest BCUT2D eigenvalue weighted by Gasteiger charge is 2.10. The van der Waals surface area contributed by atoms with Gasteiger partial charge >= 0.3 is 0 Å². The van der Waals surface area contributed by atoms with Crippen LogP contribution < -0.4 is 10.6 Å². The van der Waals surface area contributed by atoms with Crippen LogP contribution in [0.5, 0.6) is 0 Å². The summed E-state index contributed by atoms with van der Waals surface area (Å²) in [5.74, 6) is 0. The molecule has 2 aromatic carbocycles. The maximum absolute atomic E-state index is 5.32. The molecule has 0 unspecified atom stereocenters. The van der Waals surface area contributed by atoms with Crippen LogP contribution in [0.15, 0.2) is 42.5 Å². The number of H-pyrrole nitrogens is 1. The number of nitrogens with one attached hydrogen (secondary N) is 3. The fourth-order valence-electron chi connectivity index (χ4n) is 2.76. The molecule has 120 valence electrons. The third-order valence-electron chi connectivity index (χ3n) is 3.78. The van der Waals surface area contributed by atoms with E-state index in [2.05, 4.69) is 34.4 Å². The second kappa shape index (κ2) is 5.72. The van der Waals surface area contributed by atoms with E-state index in [1.807, 2.05) is 42.5 Å². The first kappa shape index (κ1) is 14.8. The average Bonchev–Trinajstić information content (AvgIpc) is 2.89. The molecular formula is C18H17N5S. The molecule has 0 amide bonds. The number of rotatable bonds is 2. The van der Waals surface area contributed by atoms with Crippen molar-refractivity contribution >= 4 is 56.1 Å². The fourth-order valence-corrected chi connectivity index (χ4v) is 3.11. The summed E-state index contributed by atoms with van der Waals surface area (Å²) in [5.41, 5.74) is 5.38. The summed E-state index contributed by atoms with van der Waals surface area (Å²) in [7, 11) is 0. The molecule has 2 aromatic heterocycles. The summed E-state index contributed by atoms with van der Waals surface area (Å²) in [5, 5.41) is 8.03. The Bertz CT molecular complexity index is 1070. The van der Waals surface area contributed by atoms with Crippen LogP contribution in [0.2, 0.25) is 0 Å². The number of thiocarbonyl (C=S) groups is 1. The molecule has 3 N–H and O–H groups in total. The highest BCUT2D eigenvalue weighted by atomic mass is 32.1. The van der Waals surface area contributed by atoms with Crippen molar-refractivity contribution in [2.24, 2.45) is 0 Å². The van der Waals surface area contributed by atoms with Gasteiger partial charge in [-0.2, -0.15) is 0 Å². The Morgan fingerprint density at radius 2 is 1.83 bits per heavy atom. The molecule has 0 spiro atoms. The molecule has 0 saturated heterocycles. The van der Waals surface area contributed by atoms with E-state index in [1.54, 1.807) is 0 Å². The minimum atomic E-state index is 0.291. The number of nitrogens with zero attached hydrogens (tertiary/aromatic N) is 2. The molecule has 24 heavy (non-hydrogen) atoms. The van der Waals surface area contributed by atoms with Crippen LogP contribution in [-0.2, 0) is 0 Å². The quantitative estimate of drug-likeness (QED) is 0.484. The maximum atomic E-state index is 5.32. The van der Waals surface area contributed by atoms with Crippen LogP contribution in [0.4, 0.5) is 5.69 Å². The Morgan fingerprint density at radius 1 is 1.08 bits per heavy atom. The molecule has 4 aromatic rings. The third-order valence-corrected chi connectivity index (χ3v) is 4.00. The van der Waals surface area contributed by atoms with Crippen LogP contribution in [0.1, 0.15) is 13.8 Å². The Hall–Kier alpha value is -2.73. The van der Waals surface area contributed by atoms with E-state index in [0.29, 0.717) is 11.2 Å². The Labute approximate surface area is 144 Å². The Kier molecular flexibility index (Phi) is 3.54. The van der Waals surface area contributed by atoms with Gasteiger partial charge in [0.05, 0.1) is 11.0 Å². The summed E-state index contributed by atoms with van der Waals surface area (Å²) in [4.78, 5) is 12.8. The highest BCUT2D eigenvalue weighted by molar-refractivity contribution is 7.80. The van der Waals surface area contributed by atoms with Gasteiger partial charge in [0, 0.05) is 22.6 Å². The van der Waals surface area contributed by atoms with Gasteiger partial charge in [-0.25, -0.2) is 9.97 Å². The third kappa shape index (κ3) is 2.65. The summed E-state index contributed by atoms with van der Waals surface area (Å²) >= 11 is 5.32. The van der Waals surface area contributed by atoms with Gasteiger partial charge in [0.2, 0.25) is 0 Å². The van der Waals surface area contributed by atoms with Crippen molar-refractivity contribution in [1.29, 1.82) is 0 Å². The number of benzene rings is 2. The van der Waals surface area contributed by atoms with Crippen molar-refractivity contribution in [3.63, 3.8) is 0 Å². The van der Waals surface area contributed by atoms with E-state index >= 15 is 0 Å². The lowest BCUT2D eigenvalue weighted by Gasteiger charge is -2.13. The number of hydrogen-bond acceptors (Lipinski definition) is 3. The molecule has 0 bridgehead atoms. The van der Waals surface area contributed by atoms with E-state index in [-0.39, 0.29) is 0 Å². The topological polar surface area (TPSA) is 65.6 Å². The molecule has 0 aliphatic carbocycles. The smallest absolute Gasteiger partial charge is 0.170 e. The van der Waals surface area contributed by atoms with Crippen molar-refractivity contribution < 1.29 is 0 Å². The normalized spacial score (nSPS) is 11.5. The lowest BCUT2D eigenvalue weighted by Crippen LogP contribution is -2.33. The van der Waals surface area contributed by atoms with Crippen molar-refractivity contribution in [2.75, 3.05) is 5.32 Å². The first-order chi connectivity index (χ1) is 11.6. The molecule has 0 atom stereocenters. The van der Waals surface area contributed by atoms with E-state index in [1.165, 1.54) is 0 Å². The largest absolute Gasteiger partial charge is 0.360 e. The summed E-state index contributed by atoms with van der Waals surface area (Å²) in [6.07, 6.45) is 0. The van der Waals surface area contributed by atoms with Gasteiger partial charge in [-0.05, 0) is 56.4 Å². The molecule has 0 fully saturated rings. The van der Waals surface area contributed by atoms with Gasteiger partial charge in [0.1, 0.15) is 5.52 Å². The van der Waals surface area contributed by atoms with E-state index in [0.717, 1.165) is 38.8 Å². The Balaban J connectivity index is 1.81. The van der Waals surface area contributed by atoms with Crippen LogP contribution in [-0.4, -0.2) is 26.1 Å². The van der Waals surface area contributed by atoms with Gasteiger partial charge in [0.25, 0.3) is 0 Å². The van der Waals surface area contributed by atoms with Gasteiger partial charge in [-0.1, -0.05) is 12.1 Å². The van der Waals surface area contributed by atoms with Gasteiger partial charge in [-0.15, -0.1) is 0 Å². The number of anilines is 1. The first-order valence-corrected chi connectivity index (χ1v) is 8.27. The van der Waals surface area contributed by atoms with E-state index in [4.69, 9.17) is 17.2 Å². The van der Waals surface area contributed by atoms with Crippen LogP contribution >= 0.6 is 12.2 Å². The standard InChI is InChI=1S/C18H17N5S/c1-10(2)19-18(24)20-11-7-8-13-12(9-11)16-17(22-13)23-15-6-4-3-5-14(15)21-16/h3-10H,1-2H3,(H,22,23)(H2,19,20,24). The summed E-state index contributed by atoms with van der Waals surface area (Å²) in [6.45, 7) is 4.11. The minimum absolute atomic E-state index is 0.291. The fraction of sp³-hybridized carbons (Fsp3) is 0.167. The van der Waals surface area contributed by atoms with Crippen LogP contribution in [0, 0.1) is 0 Å². The highest BCUT2D eigenvalue weighted by Crippen LogP contribution is 2.27. The van der Waals surface area contributed by atoms with Crippen molar-refractivity contribution in [2.45, 2.75) is 19.9 Å². The van der Waals surface area contributed by atoms with Crippen LogP contribution in [0.3, 0.4) is 0 Å². The summed E-state index contributed by atoms with van der Waals surface area (Å²) < 4.78 is 0. The minimum Gasteiger partial charge on any atom is -0.360 e. The first-order valence-electron chi connectivity index (χ1n) is 7.86. The maximum Gasteiger partial charge on any atom is 0.170 e. The number of aromatic nitrogens is 3. The number of para-hydroxylation sites is 2. The zero-order valence-electron chi connectivity index (χ0n) is 13.4. The van der Waals surface area contributed by atoms with Crippen LogP contribution in [0.25, 0.3) is 33.1 Å². The number of fused-ring (bicyclic) bond motifs is 4. The molecule has 0 saturated carbocycles. The molecule has 0 aliphatic heterocycles. The predicted octanol–water partition coefficient (Wildman–Crippen LogP) is 3.96. The molecule has 0 aliphatic rings. The molecule has 2 heterocycles. The SMILES string of the molecule is CC(C)NC(=S)Nc1ccc2[nH]c3nc4ccccc4nc3c2c1. The van der Waals surface area contributed by atoms with E-state index in [9.17, 15) is 0 Å². The molecule has 5 nitrogen and oxygen atoms in total. The lowest BCUT2D eigenvalue weighted by atomic mass is 10.2. The second-order valence-electron chi connectivity index (χ2n) is 6.05. The number of hydrogen-bond donors (Lipinski definition) is 3. The van der Waals surface area contributed by atoms with Gasteiger partial charge < -0.3 is 15.6 Å². The van der Waals surface area contributed by atoms with Crippen molar-refractivity contribution in [3.05, 3.63) is 42.5 Å². The average molecular weight is 335 g/mol. The molecule has 0 radical (unpaired) electrons. The zero-order valence-corrected chi connectivity index (χ0v) is 14.2. The lowest BCUT2D eigenvalue weighted by molar-refractivity contribution is 0.739. The van der Waals surface area contributed by atoms with Gasteiger partial charge in [0.15, 0.2) is 10.8 Å². The Morgan fingerprint density at radius 3 is 2.58 bits per heavy atom. The zero-order chi connectivity index (χ0) is 16.7. The monoisotopic (exact) mass is 335 g/mol. The predicted molar refractivity (Wildman–Crippen MR) is 103 cm³/mol. The van der Waals surface area contributed by atoms with Gasteiger partial charge in [-0.3, -0.25) is 0 Å². The van der Waals surface area contributed by atoms with Crippen molar-refractivity contribution in [3.8, 4) is 0 Å². The molecule has 6 heteroatoms. The molecular weight excluding hydrogens is 318 g/mol.